The summed E-state index contributed by atoms with van der Waals surface area (Å²) in [5.74, 6) is 0.662. The van der Waals surface area contributed by atoms with Crippen LogP contribution in [0.2, 0.25) is 0 Å². The Balaban J connectivity index is 0.00000146. The van der Waals surface area contributed by atoms with Gasteiger partial charge in [0.15, 0.2) is 5.76 Å². The molecule has 0 amide bonds. The van der Waals surface area contributed by atoms with Gasteiger partial charge >= 0.3 is 0 Å². The van der Waals surface area contributed by atoms with E-state index in [0.717, 1.165) is 68.1 Å². The summed E-state index contributed by atoms with van der Waals surface area (Å²) in [6, 6.07) is 8.36. The zero-order valence-corrected chi connectivity index (χ0v) is 14.8. The van der Waals surface area contributed by atoms with Gasteiger partial charge in [-0.05, 0) is 24.3 Å². The molecule has 0 saturated carbocycles. The first-order valence-electron chi connectivity index (χ1n) is 7.91. The average Bonchev–Trinajstić information content (AvgIpc) is 2.94. The lowest BCUT2D eigenvalue weighted by Crippen LogP contribution is -3.00. The molecule has 4 aliphatic rings. The van der Waals surface area contributed by atoms with Crippen LogP contribution in [0.15, 0.2) is 34.9 Å². The van der Waals surface area contributed by atoms with Crippen molar-refractivity contribution < 1.29 is 30.4 Å². The highest BCUT2D eigenvalue weighted by Crippen LogP contribution is 2.31. The maximum absolute atomic E-state index is 13.0. The standard InChI is InChI=1S/C16H19FN5O.BrH/c17-14-3-1-13(2-4-14)16-5-15(23-18-16)6-22-10-19-7-20(11-22)9-21(8-19)12-22;/h1-5H,6-12H2;1H/q+1;/p-1. The lowest BCUT2D eigenvalue weighted by molar-refractivity contribution is -0.992. The number of halogens is 2. The van der Waals surface area contributed by atoms with E-state index in [-0.39, 0.29) is 22.8 Å². The zero-order chi connectivity index (χ0) is 15.4. The van der Waals surface area contributed by atoms with Crippen molar-refractivity contribution in [2.75, 3.05) is 40.0 Å². The van der Waals surface area contributed by atoms with E-state index in [1.165, 1.54) is 12.1 Å². The molecule has 0 unspecified atom stereocenters. The quantitative estimate of drug-likeness (QED) is 0.590. The highest BCUT2D eigenvalue weighted by atomic mass is 79.9. The largest absolute Gasteiger partial charge is 1.00 e. The molecular weight excluding hydrogens is 377 g/mol. The summed E-state index contributed by atoms with van der Waals surface area (Å²) in [5, 5.41) is 4.17. The van der Waals surface area contributed by atoms with Gasteiger partial charge in [-0.2, -0.15) is 0 Å². The van der Waals surface area contributed by atoms with E-state index in [9.17, 15) is 4.39 Å². The predicted octanol–water partition coefficient (Wildman–Crippen LogP) is -1.51. The van der Waals surface area contributed by atoms with Crippen molar-refractivity contribution >= 4 is 0 Å². The van der Waals surface area contributed by atoms with Gasteiger partial charge in [0.05, 0.1) is 20.0 Å². The molecule has 8 heteroatoms. The van der Waals surface area contributed by atoms with Crippen LogP contribution in [-0.4, -0.2) is 64.4 Å². The van der Waals surface area contributed by atoms with E-state index in [4.69, 9.17) is 4.52 Å². The fraction of sp³-hybridized carbons (Fsp3) is 0.438. The third-order valence-corrected chi connectivity index (χ3v) is 4.89. The van der Waals surface area contributed by atoms with Crippen molar-refractivity contribution in [2.24, 2.45) is 0 Å². The molecule has 5 heterocycles. The van der Waals surface area contributed by atoms with Crippen molar-refractivity contribution in [3.05, 3.63) is 41.9 Å². The summed E-state index contributed by atoms with van der Waals surface area (Å²) >= 11 is 0. The molecule has 6 nitrogen and oxygen atoms in total. The van der Waals surface area contributed by atoms with E-state index < -0.39 is 0 Å². The Kier molecular flexibility index (Phi) is 3.97. The molecule has 4 fully saturated rings. The number of hydrogen-bond acceptors (Lipinski definition) is 5. The monoisotopic (exact) mass is 395 g/mol. The van der Waals surface area contributed by atoms with E-state index in [2.05, 4.69) is 19.9 Å². The topological polar surface area (TPSA) is 35.8 Å². The Hall–Kier alpha value is -1.32. The molecule has 1 aromatic heterocycles. The molecule has 4 aliphatic heterocycles. The van der Waals surface area contributed by atoms with Crippen LogP contribution in [0.4, 0.5) is 4.39 Å². The van der Waals surface area contributed by atoms with Crippen LogP contribution in [0.3, 0.4) is 0 Å². The summed E-state index contributed by atoms with van der Waals surface area (Å²) in [5.41, 5.74) is 1.66. The molecule has 6 rings (SSSR count). The molecular formula is C16H19BrFN5O. The van der Waals surface area contributed by atoms with E-state index in [1.807, 2.05) is 6.07 Å². The summed E-state index contributed by atoms with van der Waals surface area (Å²) in [7, 11) is 0. The van der Waals surface area contributed by atoms with Crippen molar-refractivity contribution in [3.8, 4) is 11.3 Å². The Bertz CT molecular complexity index is 699. The molecule has 0 N–H and O–H groups in total. The molecule has 0 radical (unpaired) electrons. The van der Waals surface area contributed by atoms with Gasteiger partial charge in [0.25, 0.3) is 0 Å². The molecule has 4 bridgehead atoms. The van der Waals surface area contributed by atoms with Gasteiger partial charge in [0, 0.05) is 11.6 Å². The summed E-state index contributed by atoms with van der Waals surface area (Å²) in [6.45, 7) is 7.28. The lowest BCUT2D eigenvalue weighted by atomic mass is 10.1. The van der Waals surface area contributed by atoms with Crippen molar-refractivity contribution in [2.45, 2.75) is 6.54 Å². The van der Waals surface area contributed by atoms with Gasteiger partial charge in [-0.3, -0.25) is 4.48 Å². The summed E-state index contributed by atoms with van der Waals surface area (Å²) in [4.78, 5) is 7.44. The Morgan fingerprint density at radius 1 is 1.00 bits per heavy atom. The molecule has 0 atom stereocenters. The predicted molar refractivity (Wildman–Crippen MR) is 80.6 cm³/mol. The summed E-state index contributed by atoms with van der Waals surface area (Å²) < 4.78 is 19.6. The Labute approximate surface area is 150 Å². The van der Waals surface area contributed by atoms with Gasteiger partial charge in [0.1, 0.15) is 38.1 Å². The fourth-order valence-electron chi connectivity index (χ4n) is 4.28. The van der Waals surface area contributed by atoms with Gasteiger partial charge in [0.2, 0.25) is 0 Å². The van der Waals surface area contributed by atoms with Crippen LogP contribution in [-0.2, 0) is 6.54 Å². The molecule has 24 heavy (non-hydrogen) atoms. The minimum atomic E-state index is -0.236. The minimum Gasteiger partial charge on any atom is -1.00 e. The Morgan fingerprint density at radius 2 is 1.58 bits per heavy atom. The second-order valence-electron chi connectivity index (χ2n) is 7.05. The van der Waals surface area contributed by atoms with Crippen LogP contribution in [0.5, 0.6) is 0 Å². The third kappa shape index (κ3) is 2.78. The molecule has 0 spiro atoms. The van der Waals surface area contributed by atoms with Crippen molar-refractivity contribution in [3.63, 3.8) is 0 Å². The molecule has 1 aromatic carbocycles. The van der Waals surface area contributed by atoms with Gasteiger partial charge in [-0.1, -0.05) is 5.16 Å². The first-order chi connectivity index (χ1) is 11.2. The van der Waals surface area contributed by atoms with Crippen LogP contribution in [0, 0.1) is 5.82 Å². The molecule has 4 saturated heterocycles. The maximum atomic E-state index is 13.0. The lowest BCUT2D eigenvalue weighted by Gasteiger charge is -2.60. The zero-order valence-electron chi connectivity index (χ0n) is 13.2. The number of rotatable bonds is 3. The number of aromatic nitrogens is 1. The molecule has 0 aliphatic carbocycles. The fourth-order valence-corrected chi connectivity index (χ4v) is 4.28. The number of nitrogens with zero attached hydrogens (tertiary/aromatic N) is 5. The van der Waals surface area contributed by atoms with E-state index in [1.54, 1.807) is 12.1 Å². The van der Waals surface area contributed by atoms with Crippen LogP contribution >= 0.6 is 0 Å². The smallest absolute Gasteiger partial charge is 0.191 e. The third-order valence-electron chi connectivity index (χ3n) is 4.89. The van der Waals surface area contributed by atoms with E-state index in [0.29, 0.717) is 0 Å². The number of hydrogen-bond donors (Lipinski definition) is 0. The average molecular weight is 396 g/mol. The first-order valence-corrected chi connectivity index (χ1v) is 7.91. The SMILES string of the molecule is Fc1ccc(-c2cc(C[N+]34CN5CN(CN(C5)C3)C4)on2)cc1.[Br-]. The van der Waals surface area contributed by atoms with Gasteiger partial charge < -0.3 is 21.5 Å². The minimum absolute atomic E-state index is 0. The van der Waals surface area contributed by atoms with Crippen LogP contribution in [0.1, 0.15) is 5.76 Å². The first kappa shape index (κ1) is 16.2. The highest BCUT2D eigenvalue weighted by Gasteiger charge is 2.48. The van der Waals surface area contributed by atoms with E-state index >= 15 is 0 Å². The second-order valence-corrected chi connectivity index (χ2v) is 7.05. The van der Waals surface area contributed by atoms with Crippen LogP contribution < -0.4 is 17.0 Å². The van der Waals surface area contributed by atoms with Gasteiger partial charge in [-0.15, -0.1) is 0 Å². The van der Waals surface area contributed by atoms with Gasteiger partial charge in [-0.25, -0.2) is 19.1 Å². The molecule has 2 aromatic rings. The van der Waals surface area contributed by atoms with Crippen LogP contribution in [0.25, 0.3) is 11.3 Å². The Morgan fingerprint density at radius 3 is 2.17 bits per heavy atom. The maximum Gasteiger partial charge on any atom is 0.191 e. The van der Waals surface area contributed by atoms with Crippen molar-refractivity contribution in [1.82, 2.24) is 19.9 Å². The number of benzene rings is 1. The highest BCUT2D eigenvalue weighted by molar-refractivity contribution is 5.58. The van der Waals surface area contributed by atoms with Crippen molar-refractivity contribution in [1.29, 1.82) is 0 Å². The molecule has 128 valence electrons. The second kappa shape index (κ2) is 5.89. The summed E-state index contributed by atoms with van der Waals surface area (Å²) in [6.07, 6.45) is 0. The normalized spacial score (nSPS) is 33.5. The number of quaternary nitrogens is 1.